The number of aromatic nitrogens is 3. The largest absolute Gasteiger partial charge is 0.274 e. The van der Waals surface area contributed by atoms with Gasteiger partial charge < -0.3 is 0 Å². The molecule has 6 nitrogen and oxygen atoms in total. The Bertz CT molecular complexity index is 460. The number of likely N-dealkylation sites (tertiary alicyclic amines) is 1. The van der Waals surface area contributed by atoms with E-state index < -0.39 is 0 Å². The van der Waals surface area contributed by atoms with Crippen LogP contribution in [0.4, 0.5) is 0 Å². The number of carbonyl (C=O) groups is 2. The molecule has 1 saturated heterocycles. The van der Waals surface area contributed by atoms with Crippen molar-refractivity contribution < 1.29 is 9.59 Å². The van der Waals surface area contributed by atoms with Crippen LogP contribution in [-0.2, 0) is 9.59 Å². The van der Waals surface area contributed by atoms with E-state index in [9.17, 15) is 9.59 Å². The predicted octanol–water partition coefficient (Wildman–Crippen LogP) is 0.897. The highest BCUT2D eigenvalue weighted by Gasteiger charge is 2.53. The summed E-state index contributed by atoms with van der Waals surface area (Å²) in [5, 5.41) is 6.49. The molecule has 0 spiro atoms. The van der Waals surface area contributed by atoms with Crippen molar-refractivity contribution in [3.05, 3.63) is 12.2 Å². The molecule has 0 aromatic carbocycles. The minimum atomic E-state index is -0.353. The second-order valence-corrected chi connectivity index (χ2v) is 5.38. The molecule has 3 rings (SSSR count). The Morgan fingerprint density at radius 3 is 2.44 bits per heavy atom. The average Bonchev–Trinajstić information content (AvgIpc) is 3.00. The molecule has 18 heavy (non-hydrogen) atoms. The number of carbonyl (C=O) groups excluding carboxylic acids is 2. The van der Waals surface area contributed by atoms with E-state index in [2.05, 4.69) is 22.1 Å². The Labute approximate surface area is 105 Å². The van der Waals surface area contributed by atoms with Crippen molar-refractivity contribution in [2.24, 2.45) is 17.8 Å². The van der Waals surface area contributed by atoms with Gasteiger partial charge in [0.1, 0.15) is 12.2 Å². The topological polar surface area (TPSA) is 79.0 Å². The number of imide groups is 1. The molecule has 1 N–H and O–H groups in total. The zero-order chi connectivity index (χ0) is 12.9. The van der Waals surface area contributed by atoms with Gasteiger partial charge in [-0.25, -0.2) is 4.98 Å². The number of aromatic amines is 1. The summed E-state index contributed by atoms with van der Waals surface area (Å²) in [6.07, 6.45) is 3.05. The highest BCUT2D eigenvalue weighted by molar-refractivity contribution is 6.05. The molecule has 2 amide bonds. The Balaban J connectivity index is 1.87. The minimum absolute atomic E-state index is 0.0433. The van der Waals surface area contributed by atoms with Crippen LogP contribution in [-0.4, -0.2) is 31.9 Å². The second kappa shape index (κ2) is 3.90. The van der Waals surface area contributed by atoms with Crippen molar-refractivity contribution in [3.63, 3.8) is 0 Å². The fourth-order valence-corrected chi connectivity index (χ4v) is 3.22. The Morgan fingerprint density at radius 2 is 1.94 bits per heavy atom. The molecular formula is C12H16N4O2. The van der Waals surface area contributed by atoms with Gasteiger partial charge in [0.05, 0.1) is 17.9 Å². The lowest BCUT2D eigenvalue weighted by Crippen LogP contribution is -2.35. The molecule has 3 unspecified atom stereocenters. The molecule has 0 bridgehead atoms. The normalized spacial score (nSPS) is 33.0. The lowest BCUT2D eigenvalue weighted by atomic mass is 10.00. The highest BCUT2D eigenvalue weighted by Crippen LogP contribution is 2.44. The van der Waals surface area contributed by atoms with Gasteiger partial charge in [-0.1, -0.05) is 6.92 Å². The van der Waals surface area contributed by atoms with E-state index >= 15 is 0 Å². The predicted molar refractivity (Wildman–Crippen MR) is 62.0 cm³/mol. The van der Waals surface area contributed by atoms with E-state index in [1.54, 1.807) is 6.92 Å². The fourth-order valence-electron chi connectivity index (χ4n) is 3.22. The maximum Gasteiger partial charge on any atom is 0.233 e. The summed E-state index contributed by atoms with van der Waals surface area (Å²) in [6, 6.07) is -0.353. The summed E-state index contributed by atoms with van der Waals surface area (Å²) < 4.78 is 0. The molecule has 6 heteroatoms. The Hall–Kier alpha value is -1.72. The Kier molecular flexibility index (Phi) is 2.46. The third-order valence-electron chi connectivity index (χ3n) is 4.12. The van der Waals surface area contributed by atoms with Crippen LogP contribution in [0, 0.1) is 17.8 Å². The first-order valence-electron chi connectivity index (χ1n) is 6.31. The number of fused-ring (bicyclic) bond motifs is 1. The van der Waals surface area contributed by atoms with E-state index in [1.807, 2.05) is 0 Å². The maximum absolute atomic E-state index is 12.3. The maximum atomic E-state index is 12.3. The van der Waals surface area contributed by atoms with E-state index in [0.717, 1.165) is 12.8 Å². The van der Waals surface area contributed by atoms with Crippen LogP contribution in [0.25, 0.3) is 0 Å². The standard InChI is InChI=1S/C12H16N4O2/c1-6-3-8-9(4-6)12(18)16(11(8)17)7(2)10-13-5-14-15-10/h5-9H,3-4H2,1-2H3,(H,13,14,15). The molecular weight excluding hydrogens is 232 g/mol. The van der Waals surface area contributed by atoms with Crippen molar-refractivity contribution in [1.29, 1.82) is 0 Å². The van der Waals surface area contributed by atoms with Crippen molar-refractivity contribution in [2.75, 3.05) is 0 Å². The third kappa shape index (κ3) is 1.48. The van der Waals surface area contributed by atoms with Gasteiger partial charge in [-0.15, -0.1) is 0 Å². The lowest BCUT2D eigenvalue weighted by Gasteiger charge is -2.22. The van der Waals surface area contributed by atoms with Crippen LogP contribution in [0.3, 0.4) is 0 Å². The average molecular weight is 248 g/mol. The summed E-state index contributed by atoms with van der Waals surface area (Å²) in [5.41, 5.74) is 0. The van der Waals surface area contributed by atoms with Crippen LogP contribution in [0.5, 0.6) is 0 Å². The van der Waals surface area contributed by atoms with Crippen LogP contribution < -0.4 is 0 Å². The first-order valence-corrected chi connectivity index (χ1v) is 6.31. The third-order valence-corrected chi connectivity index (χ3v) is 4.12. The summed E-state index contributed by atoms with van der Waals surface area (Å²) in [6.45, 7) is 3.91. The smallest absolute Gasteiger partial charge is 0.233 e. The van der Waals surface area contributed by atoms with E-state index in [-0.39, 0.29) is 29.7 Å². The number of H-pyrrole nitrogens is 1. The first-order chi connectivity index (χ1) is 8.59. The first kappa shape index (κ1) is 11.4. The lowest BCUT2D eigenvalue weighted by molar-refractivity contribution is -0.143. The second-order valence-electron chi connectivity index (χ2n) is 5.38. The molecule has 2 heterocycles. The zero-order valence-corrected chi connectivity index (χ0v) is 10.5. The van der Waals surface area contributed by atoms with Gasteiger partial charge in [-0.2, -0.15) is 5.10 Å². The number of hydrogen-bond acceptors (Lipinski definition) is 4. The molecule has 3 atom stereocenters. The molecule has 1 saturated carbocycles. The van der Waals surface area contributed by atoms with Crippen LogP contribution in [0.15, 0.2) is 6.33 Å². The molecule has 1 aromatic rings. The van der Waals surface area contributed by atoms with E-state index in [4.69, 9.17) is 0 Å². The minimum Gasteiger partial charge on any atom is -0.274 e. The quantitative estimate of drug-likeness (QED) is 0.788. The number of nitrogens with zero attached hydrogens (tertiary/aromatic N) is 3. The van der Waals surface area contributed by atoms with Gasteiger partial charge in [-0.3, -0.25) is 19.6 Å². The van der Waals surface area contributed by atoms with Crippen molar-refractivity contribution in [2.45, 2.75) is 32.7 Å². The van der Waals surface area contributed by atoms with Gasteiger partial charge in [-0.05, 0) is 25.7 Å². The molecule has 1 aliphatic heterocycles. The van der Waals surface area contributed by atoms with Gasteiger partial charge >= 0.3 is 0 Å². The van der Waals surface area contributed by atoms with Crippen LogP contribution >= 0.6 is 0 Å². The van der Waals surface area contributed by atoms with Crippen molar-refractivity contribution >= 4 is 11.8 Å². The van der Waals surface area contributed by atoms with Gasteiger partial charge in [0, 0.05) is 0 Å². The molecule has 1 aromatic heterocycles. The number of hydrogen-bond donors (Lipinski definition) is 1. The molecule has 96 valence electrons. The van der Waals surface area contributed by atoms with E-state index in [1.165, 1.54) is 11.2 Å². The Morgan fingerprint density at radius 1 is 1.33 bits per heavy atom. The number of rotatable bonds is 2. The van der Waals surface area contributed by atoms with Gasteiger partial charge in [0.15, 0.2) is 0 Å². The molecule has 1 aliphatic carbocycles. The van der Waals surface area contributed by atoms with Crippen LogP contribution in [0.2, 0.25) is 0 Å². The molecule has 0 radical (unpaired) electrons. The van der Waals surface area contributed by atoms with E-state index in [0.29, 0.717) is 11.7 Å². The number of amides is 2. The zero-order valence-electron chi connectivity index (χ0n) is 10.5. The molecule has 2 aliphatic rings. The summed E-state index contributed by atoms with van der Waals surface area (Å²) in [5.74, 6) is 0.715. The molecule has 2 fully saturated rings. The van der Waals surface area contributed by atoms with Crippen molar-refractivity contribution in [1.82, 2.24) is 20.1 Å². The monoisotopic (exact) mass is 248 g/mol. The van der Waals surface area contributed by atoms with Crippen LogP contribution in [0.1, 0.15) is 38.6 Å². The summed E-state index contributed by atoms with van der Waals surface area (Å²) in [4.78, 5) is 30.0. The fraction of sp³-hybridized carbons (Fsp3) is 0.667. The number of nitrogens with one attached hydrogen (secondary N) is 1. The van der Waals surface area contributed by atoms with Crippen molar-refractivity contribution in [3.8, 4) is 0 Å². The highest BCUT2D eigenvalue weighted by atomic mass is 16.2. The van der Waals surface area contributed by atoms with Gasteiger partial charge in [0.25, 0.3) is 0 Å². The summed E-state index contributed by atoms with van der Waals surface area (Å²) in [7, 11) is 0. The van der Waals surface area contributed by atoms with Gasteiger partial charge in [0.2, 0.25) is 11.8 Å². The SMILES string of the molecule is CC1CC2C(=O)N(C(C)c3ncn[nH]3)C(=O)C2C1. The summed E-state index contributed by atoms with van der Waals surface area (Å²) >= 11 is 0.